The van der Waals surface area contributed by atoms with Gasteiger partial charge < -0.3 is 10.1 Å². The smallest absolute Gasteiger partial charge is 0.243 e. The van der Waals surface area contributed by atoms with Crippen molar-refractivity contribution in [2.24, 2.45) is 0 Å². The van der Waals surface area contributed by atoms with Crippen LogP contribution in [0.15, 0.2) is 53.4 Å². The van der Waals surface area contributed by atoms with Gasteiger partial charge in [0.05, 0.1) is 18.0 Å². The molecule has 0 atom stereocenters. The van der Waals surface area contributed by atoms with Gasteiger partial charge in [0.1, 0.15) is 12.4 Å². The first-order valence-electron chi connectivity index (χ1n) is 9.22. The van der Waals surface area contributed by atoms with Gasteiger partial charge in [0, 0.05) is 12.1 Å². The van der Waals surface area contributed by atoms with Gasteiger partial charge in [-0.25, -0.2) is 8.42 Å². The lowest BCUT2D eigenvalue weighted by molar-refractivity contribution is -0.121. The molecular formula is C21H27ClN2O4S. The summed E-state index contributed by atoms with van der Waals surface area (Å²) in [6.07, 6.45) is 0. The lowest BCUT2D eigenvalue weighted by Crippen LogP contribution is -2.39. The summed E-state index contributed by atoms with van der Waals surface area (Å²) in [5.74, 6) is 0.311. The molecule has 1 amide bonds. The van der Waals surface area contributed by atoms with E-state index < -0.39 is 15.9 Å². The van der Waals surface area contributed by atoms with Crippen LogP contribution in [0, 0.1) is 0 Å². The molecule has 0 radical (unpaired) electrons. The zero-order valence-electron chi connectivity index (χ0n) is 17.1. The molecule has 0 fully saturated rings. The van der Waals surface area contributed by atoms with E-state index in [-0.39, 0.29) is 30.0 Å². The Balaban J connectivity index is 1.78. The highest BCUT2D eigenvalue weighted by atomic mass is 35.5. The molecule has 0 aliphatic heterocycles. The standard InChI is InChI=1S/C21H27ClN2O4S/c1-21(2,3)16-5-9-18(10-6-16)28-14-13-23-20(25)15-24(4)29(26,27)19-11-7-17(22)8-12-19/h5-12H,13-15H2,1-4H3,(H,23,25). The van der Waals surface area contributed by atoms with Crippen LogP contribution in [0.3, 0.4) is 0 Å². The van der Waals surface area contributed by atoms with E-state index in [1.54, 1.807) is 0 Å². The molecular weight excluding hydrogens is 412 g/mol. The second kappa shape index (κ2) is 9.61. The highest BCUT2D eigenvalue weighted by molar-refractivity contribution is 7.89. The molecule has 0 saturated carbocycles. The van der Waals surface area contributed by atoms with Gasteiger partial charge in [-0.05, 0) is 47.4 Å². The van der Waals surface area contributed by atoms with Gasteiger partial charge in [0.2, 0.25) is 15.9 Å². The number of halogens is 1. The fourth-order valence-corrected chi connectivity index (χ4v) is 3.79. The van der Waals surface area contributed by atoms with Crippen molar-refractivity contribution in [3.05, 3.63) is 59.1 Å². The van der Waals surface area contributed by atoms with Crippen LogP contribution in [0.1, 0.15) is 26.3 Å². The second-order valence-corrected chi connectivity index (χ2v) is 10.2. The third kappa shape index (κ3) is 6.73. The Morgan fingerprint density at radius 3 is 2.21 bits per heavy atom. The van der Waals surface area contributed by atoms with Crippen LogP contribution in [0.25, 0.3) is 0 Å². The van der Waals surface area contributed by atoms with Gasteiger partial charge in [-0.3, -0.25) is 4.79 Å². The first-order valence-corrected chi connectivity index (χ1v) is 11.0. The van der Waals surface area contributed by atoms with Gasteiger partial charge in [0.25, 0.3) is 0 Å². The van der Waals surface area contributed by atoms with Crippen molar-refractivity contribution in [3.63, 3.8) is 0 Å². The van der Waals surface area contributed by atoms with E-state index in [0.717, 1.165) is 10.1 Å². The Bertz CT molecular complexity index is 921. The molecule has 6 nitrogen and oxygen atoms in total. The van der Waals surface area contributed by atoms with Crippen molar-refractivity contribution in [3.8, 4) is 5.75 Å². The molecule has 158 valence electrons. The van der Waals surface area contributed by atoms with Crippen LogP contribution in [0.5, 0.6) is 5.75 Å². The molecule has 8 heteroatoms. The Morgan fingerprint density at radius 2 is 1.66 bits per heavy atom. The van der Waals surface area contributed by atoms with Crippen LogP contribution in [-0.4, -0.2) is 45.4 Å². The molecule has 0 aliphatic carbocycles. The fraction of sp³-hybridized carbons (Fsp3) is 0.381. The summed E-state index contributed by atoms with van der Waals surface area (Å²) in [5.41, 5.74) is 1.29. The van der Waals surface area contributed by atoms with E-state index in [1.165, 1.54) is 36.9 Å². The molecule has 0 spiro atoms. The minimum absolute atomic E-state index is 0.0743. The summed E-state index contributed by atoms with van der Waals surface area (Å²) >= 11 is 5.78. The van der Waals surface area contributed by atoms with Gasteiger partial charge in [0.15, 0.2) is 0 Å². The highest BCUT2D eigenvalue weighted by Gasteiger charge is 2.22. The second-order valence-electron chi connectivity index (χ2n) is 7.69. The SMILES string of the molecule is CN(CC(=O)NCCOc1ccc(C(C)(C)C)cc1)S(=O)(=O)c1ccc(Cl)cc1. The zero-order chi connectivity index (χ0) is 21.7. The summed E-state index contributed by atoms with van der Waals surface area (Å²) in [7, 11) is -2.40. The number of hydrogen-bond acceptors (Lipinski definition) is 4. The number of sulfonamides is 1. The minimum atomic E-state index is -3.76. The molecule has 2 aromatic rings. The van der Waals surface area contributed by atoms with E-state index in [1.807, 2.05) is 24.3 Å². The summed E-state index contributed by atoms with van der Waals surface area (Å²) < 4.78 is 31.6. The largest absolute Gasteiger partial charge is 0.492 e. The number of carbonyl (C=O) groups is 1. The maximum atomic E-state index is 12.5. The maximum absolute atomic E-state index is 12.5. The molecule has 0 aliphatic rings. The number of hydrogen-bond donors (Lipinski definition) is 1. The first-order chi connectivity index (χ1) is 13.5. The molecule has 0 bridgehead atoms. The van der Waals surface area contributed by atoms with E-state index in [2.05, 4.69) is 26.1 Å². The van der Waals surface area contributed by atoms with Gasteiger partial charge in [-0.2, -0.15) is 4.31 Å². The molecule has 0 unspecified atom stereocenters. The third-order valence-electron chi connectivity index (χ3n) is 4.30. The number of likely N-dealkylation sites (N-methyl/N-ethyl adjacent to an activating group) is 1. The lowest BCUT2D eigenvalue weighted by Gasteiger charge is -2.19. The van der Waals surface area contributed by atoms with Crippen molar-refractivity contribution >= 4 is 27.5 Å². The van der Waals surface area contributed by atoms with Crippen molar-refractivity contribution in [1.82, 2.24) is 9.62 Å². The fourth-order valence-electron chi connectivity index (χ4n) is 2.54. The van der Waals surface area contributed by atoms with E-state index in [9.17, 15) is 13.2 Å². The number of carbonyl (C=O) groups excluding carboxylic acids is 1. The Morgan fingerprint density at radius 1 is 1.07 bits per heavy atom. The summed E-state index contributed by atoms with van der Waals surface area (Å²) in [4.78, 5) is 12.1. The molecule has 0 heterocycles. The van der Waals surface area contributed by atoms with Crippen LogP contribution < -0.4 is 10.1 Å². The van der Waals surface area contributed by atoms with Crippen molar-refractivity contribution in [2.75, 3.05) is 26.7 Å². The van der Waals surface area contributed by atoms with E-state index >= 15 is 0 Å². The van der Waals surface area contributed by atoms with Crippen LogP contribution in [0.2, 0.25) is 5.02 Å². The number of nitrogens with zero attached hydrogens (tertiary/aromatic N) is 1. The van der Waals surface area contributed by atoms with Crippen LogP contribution in [0.4, 0.5) is 0 Å². The average Bonchev–Trinajstić information content (AvgIpc) is 2.65. The predicted octanol–water partition coefficient (Wildman–Crippen LogP) is 3.45. The van der Waals surface area contributed by atoms with Gasteiger partial charge in [-0.15, -0.1) is 0 Å². The number of nitrogens with one attached hydrogen (secondary N) is 1. The van der Waals surface area contributed by atoms with Crippen molar-refractivity contribution in [2.45, 2.75) is 31.1 Å². The maximum Gasteiger partial charge on any atom is 0.243 e. The highest BCUT2D eigenvalue weighted by Crippen LogP contribution is 2.24. The lowest BCUT2D eigenvalue weighted by atomic mass is 9.87. The summed E-state index contributed by atoms with van der Waals surface area (Å²) in [6, 6.07) is 13.6. The minimum Gasteiger partial charge on any atom is -0.492 e. The van der Waals surface area contributed by atoms with E-state index in [0.29, 0.717) is 5.02 Å². The molecule has 1 N–H and O–H groups in total. The molecule has 29 heavy (non-hydrogen) atoms. The number of ether oxygens (including phenoxy) is 1. The summed E-state index contributed by atoms with van der Waals surface area (Å²) in [6.45, 7) is 6.70. The monoisotopic (exact) mass is 438 g/mol. The molecule has 0 saturated heterocycles. The van der Waals surface area contributed by atoms with Crippen LogP contribution >= 0.6 is 11.6 Å². The Hall–Kier alpha value is -2.09. The molecule has 2 rings (SSSR count). The zero-order valence-corrected chi connectivity index (χ0v) is 18.7. The summed E-state index contributed by atoms with van der Waals surface area (Å²) in [5, 5.41) is 3.10. The predicted molar refractivity (Wildman–Crippen MR) is 115 cm³/mol. The Kier molecular flexibility index (Phi) is 7.68. The Labute approximate surface area is 177 Å². The number of benzene rings is 2. The van der Waals surface area contributed by atoms with Gasteiger partial charge in [-0.1, -0.05) is 44.5 Å². The topological polar surface area (TPSA) is 75.7 Å². The first kappa shape index (κ1) is 23.2. The number of amides is 1. The average molecular weight is 439 g/mol. The van der Waals surface area contributed by atoms with Crippen LogP contribution in [-0.2, 0) is 20.2 Å². The number of rotatable bonds is 8. The van der Waals surface area contributed by atoms with Crippen molar-refractivity contribution < 1.29 is 17.9 Å². The molecule has 0 aromatic heterocycles. The normalized spacial score (nSPS) is 12.1. The quantitative estimate of drug-likeness (QED) is 0.640. The van der Waals surface area contributed by atoms with Gasteiger partial charge >= 0.3 is 0 Å². The molecule has 2 aromatic carbocycles. The van der Waals surface area contributed by atoms with Crippen molar-refractivity contribution in [1.29, 1.82) is 0 Å². The van der Waals surface area contributed by atoms with E-state index in [4.69, 9.17) is 16.3 Å². The third-order valence-corrected chi connectivity index (χ3v) is 6.37.